The second-order valence-corrected chi connectivity index (χ2v) is 11.1. The Labute approximate surface area is 222 Å². The number of halogens is 2. The summed E-state index contributed by atoms with van der Waals surface area (Å²) in [6, 6.07) is 12.0. The molecular weight excluding hydrogens is 547 g/mol. The quantitative estimate of drug-likeness (QED) is 0.467. The van der Waals surface area contributed by atoms with Crippen LogP contribution in [0.3, 0.4) is 0 Å². The van der Waals surface area contributed by atoms with Gasteiger partial charge in [-0.05, 0) is 42.0 Å². The number of anilines is 1. The molecule has 0 saturated carbocycles. The van der Waals surface area contributed by atoms with E-state index in [9.17, 15) is 24.0 Å². The van der Waals surface area contributed by atoms with Crippen molar-refractivity contribution in [3.63, 3.8) is 0 Å². The first-order valence-corrected chi connectivity index (χ1v) is 13.0. The summed E-state index contributed by atoms with van der Waals surface area (Å²) >= 11 is 13.8. The smallest absolute Gasteiger partial charge is 0.328 e. The zero-order valence-corrected chi connectivity index (χ0v) is 21.3. The van der Waals surface area contributed by atoms with Crippen molar-refractivity contribution in [1.29, 1.82) is 0 Å². The molecule has 0 bridgehead atoms. The molecule has 3 N–H and O–H groups in total. The second-order valence-electron chi connectivity index (χ2n) is 8.12. The molecule has 1 fully saturated rings. The Hall–Kier alpha value is -3.12. The zero-order chi connectivity index (χ0) is 25.7. The molecule has 0 radical (unpaired) electrons. The summed E-state index contributed by atoms with van der Waals surface area (Å²) in [5.41, 5.74) is 6.47. The van der Waals surface area contributed by atoms with Gasteiger partial charge in [-0.1, -0.05) is 58.4 Å². The highest BCUT2D eigenvalue weighted by Gasteiger charge is 2.57. The van der Waals surface area contributed by atoms with Gasteiger partial charge in [-0.2, -0.15) is 4.90 Å². The van der Waals surface area contributed by atoms with Crippen LogP contribution in [0.15, 0.2) is 58.4 Å². The van der Waals surface area contributed by atoms with Crippen LogP contribution in [0.1, 0.15) is 16.4 Å². The number of likely N-dealkylation sites (tertiary alicyclic amines) is 1. The van der Waals surface area contributed by atoms with Crippen LogP contribution in [-0.2, 0) is 20.9 Å². The number of benzene rings is 2. The van der Waals surface area contributed by atoms with Gasteiger partial charge in [0.2, 0.25) is 11.8 Å². The first-order valence-electron chi connectivity index (χ1n) is 10.5. The number of urea groups is 1. The maximum Gasteiger partial charge on any atom is 0.328 e. The molecule has 2 aliphatic heterocycles. The number of nitrogens with one attached hydrogen (secondary N) is 1. The number of thiazole rings is 1. The molecule has 2 aliphatic rings. The summed E-state index contributed by atoms with van der Waals surface area (Å²) in [6.45, 7) is -0.313. The summed E-state index contributed by atoms with van der Waals surface area (Å²) in [4.78, 5) is 64.4. The van der Waals surface area contributed by atoms with Crippen LogP contribution in [0.5, 0.6) is 0 Å². The number of carbonyl (C=O) groups excluding carboxylic acids is 4. The summed E-state index contributed by atoms with van der Waals surface area (Å²) in [5, 5.41) is 3.09. The van der Waals surface area contributed by atoms with Crippen molar-refractivity contribution in [2.45, 2.75) is 22.7 Å². The Morgan fingerprint density at radius 2 is 1.56 bits per heavy atom. The van der Waals surface area contributed by atoms with Gasteiger partial charge in [0, 0.05) is 26.5 Å². The van der Waals surface area contributed by atoms with Crippen LogP contribution < -0.4 is 15.9 Å². The highest BCUT2D eigenvalue weighted by molar-refractivity contribution is 8.00. The lowest BCUT2D eigenvalue weighted by molar-refractivity contribution is -0.135. The number of aromatic nitrogens is 1. The minimum atomic E-state index is -1.15. The Kier molecular flexibility index (Phi) is 6.41. The van der Waals surface area contributed by atoms with Crippen molar-refractivity contribution in [2.24, 2.45) is 11.7 Å². The number of carbonyl (C=O) groups is 4. The van der Waals surface area contributed by atoms with Crippen LogP contribution >= 0.6 is 46.3 Å². The summed E-state index contributed by atoms with van der Waals surface area (Å²) in [6.07, 6.45) is 0. The Bertz CT molecular complexity index is 1470. The van der Waals surface area contributed by atoms with Crippen LogP contribution in [0, 0.1) is 5.92 Å². The van der Waals surface area contributed by atoms with Gasteiger partial charge in [0.15, 0.2) is 0 Å². The van der Waals surface area contributed by atoms with E-state index in [-0.39, 0.29) is 6.54 Å². The minimum Gasteiger partial charge on any atom is -0.351 e. The van der Waals surface area contributed by atoms with E-state index in [1.165, 1.54) is 4.57 Å². The number of nitrogens with two attached hydrogens (primary N) is 1. The lowest BCUT2D eigenvalue weighted by Gasteiger charge is -2.30. The van der Waals surface area contributed by atoms with Crippen LogP contribution in [0.25, 0.3) is 0 Å². The van der Waals surface area contributed by atoms with Gasteiger partial charge in [-0.25, -0.2) is 4.79 Å². The van der Waals surface area contributed by atoms with Gasteiger partial charge in [-0.3, -0.25) is 23.7 Å². The summed E-state index contributed by atoms with van der Waals surface area (Å²) < 4.78 is 1.28. The van der Waals surface area contributed by atoms with E-state index in [1.54, 1.807) is 48.5 Å². The van der Waals surface area contributed by atoms with Crippen molar-refractivity contribution >= 4 is 75.7 Å². The first kappa shape index (κ1) is 24.6. The number of thioether (sulfide) groups is 1. The molecule has 5 amide bonds. The summed E-state index contributed by atoms with van der Waals surface area (Å²) in [5.74, 6) is -3.58. The fraction of sp³-hybridized carbons (Fsp3) is 0.174. The Morgan fingerprint density at radius 3 is 2.17 bits per heavy atom. The van der Waals surface area contributed by atoms with Gasteiger partial charge >= 0.3 is 10.9 Å². The minimum absolute atomic E-state index is 0.313. The number of amides is 5. The van der Waals surface area contributed by atoms with E-state index in [0.717, 1.165) is 23.1 Å². The Balaban J connectivity index is 1.55. The van der Waals surface area contributed by atoms with Crippen molar-refractivity contribution in [3.05, 3.63) is 78.7 Å². The highest BCUT2D eigenvalue weighted by atomic mass is 35.5. The van der Waals surface area contributed by atoms with E-state index in [0.29, 0.717) is 36.1 Å². The topological polar surface area (TPSA) is 132 Å². The predicted octanol–water partition coefficient (Wildman–Crippen LogP) is 3.53. The van der Waals surface area contributed by atoms with Crippen LogP contribution in [-0.4, -0.2) is 38.5 Å². The number of primary amides is 1. The van der Waals surface area contributed by atoms with Crippen LogP contribution in [0.4, 0.5) is 10.5 Å². The molecule has 13 heteroatoms. The van der Waals surface area contributed by atoms with E-state index in [4.69, 9.17) is 28.9 Å². The lowest BCUT2D eigenvalue weighted by Crippen LogP contribution is -2.41. The molecule has 5 rings (SSSR count). The normalized spacial score (nSPS) is 20.7. The number of nitrogens with zero attached hydrogens (tertiary/aromatic N) is 2. The van der Waals surface area contributed by atoms with Gasteiger partial charge in [0.05, 0.1) is 10.9 Å². The molecule has 3 heterocycles. The molecule has 3 atom stereocenters. The number of rotatable bonds is 4. The van der Waals surface area contributed by atoms with E-state index < -0.39 is 45.7 Å². The molecule has 0 aliphatic carbocycles. The predicted molar refractivity (Wildman–Crippen MR) is 137 cm³/mol. The molecule has 184 valence electrons. The third kappa shape index (κ3) is 4.21. The number of hydrogen-bond acceptors (Lipinski definition) is 7. The van der Waals surface area contributed by atoms with E-state index >= 15 is 0 Å². The third-order valence-corrected chi connectivity index (χ3v) is 9.04. The Morgan fingerprint density at radius 1 is 0.944 bits per heavy atom. The molecule has 1 saturated heterocycles. The van der Waals surface area contributed by atoms with Crippen molar-refractivity contribution in [3.8, 4) is 0 Å². The van der Waals surface area contributed by atoms with Crippen molar-refractivity contribution in [2.75, 3.05) is 5.32 Å². The monoisotopic (exact) mass is 562 g/mol. The van der Waals surface area contributed by atoms with Crippen molar-refractivity contribution in [1.82, 2.24) is 9.47 Å². The fourth-order valence-electron chi connectivity index (χ4n) is 4.38. The molecule has 1 aromatic heterocycles. The maximum absolute atomic E-state index is 13.2. The van der Waals surface area contributed by atoms with Gasteiger partial charge in [-0.15, -0.1) is 0 Å². The van der Waals surface area contributed by atoms with Gasteiger partial charge in [0.1, 0.15) is 11.8 Å². The average Bonchev–Trinajstić information content (AvgIpc) is 3.27. The van der Waals surface area contributed by atoms with Crippen LogP contribution in [0.2, 0.25) is 10.0 Å². The zero-order valence-electron chi connectivity index (χ0n) is 18.1. The van der Waals surface area contributed by atoms with Gasteiger partial charge < -0.3 is 11.1 Å². The molecule has 0 spiro atoms. The molecule has 2 unspecified atom stereocenters. The summed E-state index contributed by atoms with van der Waals surface area (Å²) in [7, 11) is 0. The molecule has 9 nitrogen and oxygen atoms in total. The van der Waals surface area contributed by atoms with E-state index in [2.05, 4.69) is 5.32 Å². The maximum atomic E-state index is 13.2. The fourth-order valence-corrected chi connectivity index (χ4v) is 7.40. The van der Waals surface area contributed by atoms with Crippen molar-refractivity contribution < 1.29 is 19.2 Å². The van der Waals surface area contributed by atoms with E-state index in [1.807, 2.05) is 0 Å². The average molecular weight is 563 g/mol. The lowest BCUT2D eigenvalue weighted by atomic mass is 9.83. The molecule has 36 heavy (non-hydrogen) atoms. The number of hydrogen-bond donors (Lipinski definition) is 2. The standard InChI is InChI=1S/C23H16Cl2N4O5S2/c24-11-3-1-10(2-4-11)15-16-17(20(32)29(19(16)31)22(26)33)35-21-18(15)36-23(34)28(21)9-14(30)27-13-7-5-12(25)6-8-13/h1-8,15-17H,9H2,(H2,26,33)(H,27,30)/t15-,16?,17?/m0/s1. The SMILES string of the molecule is NC(=O)N1C(=O)C2Sc3c(sc(=O)n3CC(=O)Nc3ccc(Cl)cc3)[C@@H](c3ccc(Cl)cc3)C2C1=O. The molecule has 3 aromatic rings. The number of imide groups is 3. The largest absolute Gasteiger partial charge is 0.351 e. The first-order chi connectivity index (χ1) is 17.2. The van der Waals surface area contributed by atoms with Gasteiger partial charge in [0.25, 0.3) is 5.91 Å². The number of fused-ring (bicyclic) bond motifs is 2. The second kappa shape index (κ2) is 9.40. The highest BCUT2D eigenvalue weighted by Crippen LogP contribution is 2.53. The molecule has 2 aromatic carbocycles. The third-order valence-electron chi connectivity index (χ3n) is 5.93. The molecular formula is C23H16Cl2N4O5S2.